The van der Waals surface area contributed by atoms with Gasteiger partial charge in [-0.1, -0.05) is 84.9 Å². The van der Waals surface area contributed by atoms with Crippen LogP contribution in [0.15, 0.2) is 84.9 Å². The van der Waals surface area contributed by atoms with Crippen LogP contribution in [-0.2, 0) is 0 Å². The zero-order valence-electron chi connectivity index (χ0n) is 12.1. The molecule has 3 rings (SSSR count). The molecule has 0 bridgehead atoms. The van der Waals surface area contributed by atoms with Crippen molar-refractivity contribution in [3.8, 4) is 11.1 Å². The highest BCUT2D eigenvalue weighted by atomic mass is 32.1. The van der Waals surface area contributed by atoms with Crippen molar-refractivity contribution in [2.45, 2.75) is 11.4 Å². The number of aliphatic hydroxyl groups excluding tert-OH is 1. The van der Waals surface area contributed by atoms with Gasteiger partial charge in [-0.25, -0.2) is 0 Å². The topological polar surface area (TPSA) is 20.2 Å². The third-order valence-electron chi connectivity index (χ3n) is 3.80. The first-order chi connectivity index (χ1) is 10.8. The molecule has 110 valence electrons. The summed E-state index contributed by atoms with van der Waals surface area (Å²) in [6.07, 6.45) is -0.629. The first kappa shape index (κ1) is 14.9. The van der Waals surface area contributed by atoms with E-state index in [1.807, 2.05) is 72.8 Å². The Hall–Kier alpha value is -2.03. The van der Waals surface area contributed by atoms with Gasteiger partial charge in [-0.05, 0) is 22.3 Å². The van der Waals surface area contributed by atoms with Crippen molar-refractivity contribution in [2.75, 3.05) is 0 Å². The first-order valence-corrected chi connectivity index (χ1v) is 7.84. The quantitative estimate of drug-likeness (QED) is 0.646. The Morgan fingerprint density at radius 2 is 1.09 bits per heavy atom. The van der Waals surface area contributed by atoms with Gasteiger partial charge in [-0.3, -0.25) is 0 Å². The molecule has 0 aliphatic carbocycles. The summed E-state index contributed by atoms with van der Waals surface area (Å²) in [5.41, 5.74) is 4.22. The Kier molecular flexibility index (Phi) is 4.62. The van der Waals surface area contributed by atoms with E-state index in [2.05, 4.69) is 24.8 Å². The van der Waals surface area contributed by atoms with Gasteiger partial charge < -0.3 is 5.11 Å². The van der Waals surface area contributed by atoms with Crippen LogP contribution >= 0.6 is 12.6 Å². The molecule has 3 aromatic carbocycles. The largest absolute Gasteiger partial charge is 0.387 e. The maximum Gasteiger partial charge on any atom is 0.0946 e. The Morgan fingerprint density at radius 3 is 1.68 bits per heavy atom. The van der Waals surface area contributed by atoms with Crippen molar-refractivity contribution >= 4 is 12.6 Å². The van der Waals surface area contributed by atoms with Crippen LogP contribution in [0.25, 0.3) is 11.1 Å². The van der Waals surface area contributed by atoms with E-state index < -0.39 is 6.10 Å². The van der Waals surface area contributed by atoms with Crippen molar-refractivity contribution in [3.63, 3.8) is 0 Å². The number of hydrogen-bond acceptors (Lipinski definition) is 2. The molecule has 2 atom stereocenters. The maximum absolute atomic E-state index is 10.5. The highest BCUT2D eigenvalue weighted by Gasteiger charge is 2.18. The van der Waals surface area contributed by atoms with Gasteiger partial charge in [-0.2, -0.15) is 12.6 Å². The molecule has 0 fully saturated rings. The zero-order valence-corrected chi connectivity index (χ0v) is 13.0. The number of aliphatic hydroxyl groups is 1. The van der Waals surface area contributed by atoms with Crippen molar-refractivity contribution in [2.24, 2.45) is 0 Å². The number of hydrogen-bond donors (Lipinski definition) is 2. The van der Waals surface area contributed by atoms with Gasteiger partial charge >= 0.3 is 0 Å². The van der Waals surface area contributed by atoms with Gasteiger partial charge in [0.1, 0.15) is 0 Å². The molecule has 0 spiro atoms. The van der Waals surface area contributed by atoms with Crippen molar-refractivity contribution in [1.82, 2.24) is 0 Å². The van der Waals surface area contributed by atoms with Crippen LogP contribution in [0.4, 0.5) is 0 Å². The third kappa shape index (κ3) is 3.24. The van der Waals surface area contributed by atoms with Crippen molar-refractivity contribution in [3.05, 3.63) is 96.1 Å². The molecule has 0 radical (unpaired) electrons. The lowest BCUT2D eigenvalue weighted by molar-refractivity contribution is 0.175. The second kappa shape index (κ2) is 6.82. The molecule has 0 saturated carbocycles. The molecule has 1 N–H and O–H groups in total. The lowest BCUT2D eigenvalue weighted by Gasteiger charge is -2.19. The summed E-state index contributed by atoms with van der Waals surface area (Å²) in [6.45, 7) is 0. The fraction of sp³-hybridized carbons (Fsp3) is 0.100. The Balaban J connectivity index is 1.81. The van der Waals surface area contributed by atoms with Gasteiger partial charge in [-0.15, -0.1) is 0 Å². The van der Waals surface area contributed by atoms with Crippen molar-refractivity contribution in [1.29, 1.82) is 0 Å². The fourth-order valence-corrected chi connectivity index (χ4v) is 2.86. The van der Waals surface area contributed by atoms with E-state index in [4.69, 9.17) is 0 Å². The smallest absolute Gasteiger partial charge is 0.0946 e. The van der Waals surface area contributed by atoms with Crippen LogP contribution in [0.3, 0.4) is 0 Å². The van der Waals surface area contributed by atoms with Crippen LogP contribution in [0.1, 0.15) is 22.5 Å². The van der Waals surface area contributed by atoms with Gasteiger partial charge in [0.05, 0.1) is 11.4 Å². The minimum atomic E-state index is -0.629. The van der Waals surface area contributed by atoms with E-state index in [1.165, 1.54) is 5.56 Å². The third-order valence-corrected chi connectivity index (χ3v) is 4.38. The molecule has 1 nitrogen and oxygen atoms in total. The molecule has 0 heterocycles. The number of benzene rings is 3. The molecule has 0 unspecified atom stereocenters. The highest BCUT2D eigenvalue weighted by molar-refractivity contribution is 7.80. The van der Waals surface area contributed by atoms with Crippen molar-refractivity contribution < 1.29 is 5.11 Å². The van der Waals surface area contributed by atoms with E-state index in [9.17, 15) is 5.11 Å². The highest BCUT2D eigenvalue weighted by Crippen LogP contribution is 2.34. The van der Waals surface area contributed by atoms with Crippen LogP contribution in [0, 0.1) is 0 Å². The molecule has 0 amide bonds. The van der Waals surface area contributed by atoms with Gasteiger partial charge in [0.2, 0.25) is 0 Å². The zero-order chi connectivity index (χ0) is 15.4. The minimum Gasteiger partial charge on any atom is -0.387 e. The fourth-order valence-electron chi connectivity index (χ4n) is 2.52. The summed E-state index contributed by atoms with van der Waals surface area (Å²) in [6, 6.07) is 28.1. The Labute approximate surface area is 136 Å². The maximum atomic E-state index is 10.5. The summed E-state index contributed by atoms with van der Waals surface area (Å²) >= 11 is 4.57. The van der Waals surface area contributed by atoms with E-state index in [1.54, 1.807) is 0 Å². The molecule has 0 saturated heterocycles. The van der Waals surface area contributed by atoms with Gasteiger partial charge in [0, 0.05) is 0 Å². The summed E-state index contributed by atoms with van der Waals surface area (Å²) in [5, 5.41) is 10.3. The lowest BCUT2D eigenvalue weighted by atomic mass is 9.98. The van der Waals surface area contributed by atoms with Crippen LogP contribution in [0.2, 0.25) is 0 Å². The standard InChI is InChI=1S/C20H18OS/c21-19(20(22)18-9-5-2-6-10-18)17-13-11-16(12-14-17)15-7-3-1-4-8-15/h1-14,19-22H/t19-,20-/m0/s1. The summed E-state index contributed by atoms with van der Waals surface area (Å²) in [7, 11) is 0. The molecule has 0 aliphatic heterocycles. The molecular formula is C20H18OS. The molecule has 0 aromatic heterocycles. The van der Waals surface area contributed by atoms with Crippen LogP contribution < -0.4 is 0 Å². The molecule has 0 aliphatic rings. The SMILES string of the molecule is O[C@@H](c1ccc(-c2ccccc2)cc1)[C@@H](S)c1ccccc1. The monoisotopic (exact) mass is 306 g/mol. The normalized spacial score (nSPS) is 13.5. The van der Waals surface area contributed by atoms with E-state index in [0.29, 0.717) is 0 Å². The predicted molar refractivity (Wildman–Crippen MR) is 95.0 cm³/mol. The van der Waals surface area contributed by atoms with Crippen LogP contribution in [-0.4, -0.2) is 5.11 Å². The molecule has 22 heavy (non-hydrogen) atoms. The lowest BCUT2D eigenvalue weighted by Crippen LogP contribution is -2.05. The van der Waals surface area contributed by atoms with E-state index >= 15 is 0 Å². The Morgan fingerprint density at radius 1 is 0.591 bits per heavy atom. The van der Waals surface area contributed by atoms with E-state index in [-0.39, 0.29) is 5.25 Å². The average Bonchev–Trinajstić information content (AvgIpc) is 2.62. The van der Waals surface area contributed by atoms with Gasteiger partial charge in [0.15, 0.2) is 0 Å². The second-order valence-electron chi connectivity index (χ2n) is 5.29. The minimum absolute atomic E-state index is 0.233. The van der Waals surface area contributed by atoms with Gasteiger partial charge in [0.25, 0.3) is 0 Å². The average molecular weight is 306 g/mol. The summed E-state index contributed by atoms with van der Waals surface area (Å²) in [5.74, 6) is 0. The predicted octanol–water partition coefficient (Wildman–Crippen LogP) is 5.06. The second-order valence-corrected chi connectivity index (χ2v) is 5.84. The molecule has 2 heteroatoms. The summed E-state index contributed by atoms with van der Waals surface area (Å²) < 4.78 is 0. The number of thiol groups is 1. The number of rotatable bonds is 4. The van der Waals surface area contributed by atoms with E-state index in [0.717, 1.165) is 16.7 Å². The molecular weight excluding hydrogens is 288 g/mol. The molecule has 3 aromatic rings. The summed E-state index contributed by atoms with van der Waals surface area (Å²) in [4.78, 5) is 0. The first-order valence-electron chi connectivity index (χ1n) is 7.32. The van der Waals surface area contributed by atoms with Crippen LogP contribution in [0.5, 0.6) is 0 Å². The Bertz CT molecular complexity index is 708.